The molecule has 0 aromatic carbocycles. The van der Waals surface area contributed by atoms with Crippen LogP contribution in [-0.2, 0) is 0 Å². The van der Waals surface area contributed by atoms with Gasteiger partial charge >= 0.3 is 0 Å². The Morgan fingerprint density at radius 3 is 2.57 bits per heavy atom. The lowest BCUT2D eigenvalue weighted by Gasteiger charge is -2.20. The van der Waals surface area contributed by atoms with Crippen molar-refractivity contribution in [2.24, 2.45) is 0 Å². The van der Waals surface area contributed by atoms with E-state index in [-0.39, 0.29) is 0 Å². The van der Waals surface area contributed by atoms with E-state index < -0.39 is 0 Å². The molecule has 14 heavy (non-hydrogen) atoms. The quantitative estimate of drug-likeness (QED) is 0.729. The van der Waals surface area contributed by atoms with Crippen molar-refractivity contribution in [2.45, 2.75) is 18.8 Å². The van der Waals surface area contributed by atoms with Crippen LogP contribution in [0.15, 0.2) is 6.07 Å². The van der Waals surface area contributed by atoms with Gasteiger partial charge in [-0.3, -0.25) is 0 Å². The summed E-state index contributed by atoms with van der Waals surface area (Å²) >= 11 is 2.00. The first kappa shape index (κ1) is 9.58. The third kappa shape index (κ3) is 1.92. The van der Waals surface area contributed by atoms with Crippen molar-refractivity contribution in [1.82, 2.24) is 10.2 Å². The molecule has 1 aliphatic heterocycles. The minimum Gasteiger partial charge on any atom is -0.396 e. The van der Waals surface area contributed by atoms with Gasteiger partial charge in [-0.2, -0.15) is 16.9 Å². The summed E-state index contributed by atoms with van der Waals surface area (Å²) in [5.74, 6) is 3.26. The Bertz CT molecular complexity index is 323. The van der Waals surface area contributed by atoms with Gasteiger partial charge in [0.1, 0.15) is 0 Å². The van der Waals surface area contributed by atoms with Crippen LogP contribution in [-0.4, -0.2) is 21.7 Å². The number of nitrogens with two attached hydrogens (primary N) is 2. The van der Waals surface area contributed by atoms with Gasteiger partial charge in [-0.1, -0.05) is 0 Å². The molecule has 2 heterocycles. The summed E-state index contributed by atoms with van der Waals surface area (Å²) in [6, 6.07) is 1.86. The molecule has 4 nitrogen and oxygen atoms in total. The lowest BCUT2D eigenvalue weighted by molar-refractivity contribution is 0.610. The maximum absolute atomic E-state index is 5.69. The first-order valence-corrected chi connectivity index (χ1v) is 5.89. The zero-order valence-electron chi connectivity index (χ0n) is 7.94. The van der Waals surface area contributed by atoms with E-state index in [4.69, 9.17) is 11.5 Å². The van der Waals surface area contributed by atoms with Crippen LogP contribution >= 0.6 is 11.8 Å². The standard InChI is InChI=1S/C9H14N4S/c10-7-5-8(12-13-9(7)11)6-1-3-14-4-2-6/h5-6H,1-4H2,(H2,10,12)(H2,11,13). The minimum absolute atomic E-state index is 0.332. The number of hydrogen-bond acceptors (Lipinski definition) is 5. The zero-order valence-corrected chi connectivity index (χ0v) is 8.76. The lowest BCUT2D eigenvalue weighted by atomic mass is 9.98. The topological polar surface area (TPSA) is 77.8 Å². The van der Waals surface area contributed by atoms with E-state index in [9.17, 15) is 0 Å². The van der Waals surface area contributed by atoms with Crippen LogP contribution in [0, 0.1) is 0 Å². The number of nitrogens with zero attached hydrogens (tertiary/aromatic N) is 2. The smallest absolute Gasteiger partial charge is 0.169 e. The molecule has 5 heteroatoms. The monoisotopic (exact) mass is 210 g/mol. The number of hydrogen-bond donors (Lipinski definition) is 2. The molecular formula is C9H14N4S. The molecule has 1 aromatic rings. The molecule has 0 saturated carbocycles. The van der Waals surface area contributed by atoms with Crippen LogP contribution in [0.4, 0.5) is 11.5 Å². The van der Waals surface area contributed by atoms with Gasteiger partial charge in [0.15, 0.2) is 5.82 Å². The Balaban J connectivity index is 2.18. The normalized spacial score (nSPS) is 18.3. The van der Waals surface area contributed by atoms with E-state index in [1.807, 2.05) is 17.8 Å². The fraction of sp³-hybridized carbons (Fsp3) is 0.556. The highest BCUT2D eigenvalue weighted by Crippen LogP contribution is 2.31. The van der Waals surface area contributed by atoms with E-state index >= 15 is 0 Å². The van der Waals surface area contributed by atoms with Gasteiger partial charge in [-0.25, -0.2) is 0 Å². The van der Waals surface area contributed by atoms with Crippen molar-refractivity contribution >= 4 is 23.3 Å². The molecule has 1 saturated heterocycles. The molecule has 0 unspecified atom stereocenters. The van der Waals surface area contributed by atoms with E-state index in [0.717, 1.165) is 5.69 Å². The predicted molar refractivity (Wildman–Crippen MR) is 60.2 cm³/mol. The molecule has 76 valence electrons. The van der Waals surface area contributed by atoms with Crippen LogP contribution in [0.5, 0.6) is 0 Å². The molecule has 1 aliphatic rings. The van der Waals surface area contributed by atoms with Crippen LogP contribution in [0.2, 0.25) is 0 Å². The van der Waals surface area contributed by atoms with Crippen LogP contribution in [0.1, 0.15) is 24.5 Å². The summed E-state index contributed by atoms with van der Waals surface area (Å²) in [6.45, 7) is 0. The average Bonchev–Trinajstić information content (AvgIpc) is 2.23. The van der Waals surface area contributed by atoms with Gasteiger partial charge in [-0.05, 0) is 30.4 Å². The fourth-order valence-corrected chi connectivity index (χ4v) is 2.73. The summed E-state index contributed by atoms with van der Waals surface area (Å²) < 4.78 is 0. The number of nitrogen functional groups attached to an aromatic ring is 2. The molecule has 2 rings (SSSR count). The summed E-state index contributed by atoms with van der Waals surface area (Å²) in [5, 5.41) is 7.95. The first-order chi connectivity index (χ1) is 6.77. The highest BCUT2D eigenvalue weighted by molar-refractivity contribution is 7.99. The Morgan fingerprint density at radius 1 is 1.21 bits per heavy atom. The fourth-order valence-electron chi connectivity index (χ4n) is 1.62. The Labute approximate surface area is 87.5 Å². The first-order valence-electron chi connectivity index (χ1n) is 4.73. The number of anilines is 2. The van der Waals surface area contributed by atoms with E-state index in [1.54, 1.807) is 0 Å². The predicted octanol–water partition coefficient (Wildman–Crippen LogP) is 1.25. The molecule has 1 fully saturated rings. The summed E-state index contributed by atoms with van der Waals surface area (Å²) in [5.41, 5.74) is 12.8. The van der Waals surface area contributed by atoms with E-state index in [0.29, 0.717) is 17.4 Å². The van der Waals surface area contributed by atoms with Gasteiger partial charge in [0, 0.05) is 5.92 Å². The van der Waals surface area contributed by atoms with Crippen molar-refractivity contribution in [3.63, 3.8) is 0 Å². The van der Waals surface area contributed by atoms with Crippen LogP contribution in [0.3, 0.4) is 0 Å². The number of rotatable bonds is 1. The Morgan fingerprint density at radius 2 is 1.93 bits per heavy atom. The second-order valence-electron chi connectivity index (χ2n) is 3.50. The van der Waals surface area contributed by atoms with Gasteiger partial charge in [0.05, 0.1) is 11.4 Å². The molecular weight excluding hydrogens is 196 g/mol. The third-order valence-corrected chi connectivity index (χ3v) is 3.56. The maximum atomic E-state index is 5.69. The molecule has 1 aromatic heterocycles. The van der Waals surface area contributed by atoms with Gasteiger partial charge in [0.25, 0.3) is 0 Å². The van der Waals surface area contributed by atoms with Gasteiger partial charge in [0.2, 0.25) is 0 Å². The largest absolute Gasteiger partial charge is 0.396 e. The summed E-state index contributed by atoms with van der Waals surface area (Å²) in [6.07, 6.45) is 2.34. The molecule has 0 atom stereocenters. The third-order valence-electron chi connectivity index (χ3n) is 2.51. The molecule has 4 N–H and O–H groups in total. The average molecular weight is 210 g/mol. The van der Waals surface area contributed by atoms with Crippen LogP contribution < -0.4 is 11.5 Å². The number of aromatic nitrogens is 2. The van der Waals surface area contributed by atoms with Gasteiger partial charge < -0.3 is 11.5 Å². The van der Waals surface area contributed by atoms with Gasteiger partial charge in [-0.15, -0.1) is 5.10 Å². The minimum atomic E-state index is 0.332. The Hall–Kier alpha value is -0.970. The lowest BCUT2D eigenvalue weighted by Crippen LogP contribution is -2.11. The zero-order chi connectivity index (χ0) is 9.97. The Kier molecular flexibility index (Phi) is 2.77. The maximum Gasteiger partial charge on any atom is 0.169 e. The highest BCUT2D eigenvalue weighted by atomic mass is 32.2. The summed E-state index contributed by atoms with van der Waals surface area (Å²) in [7, 11) is 0. The second kappa shape index (κ2) is 4.04. The molecule has 0 aliphatic carbocycles. The van der Waals surface area contributed by atoms with Crippen molar-refractivity contribution in [1.29, 1.82) is 0 Å². The van der Waals surface area contributed by atoms with Crippen molar-refractivity contribution in [3.8, 4) is 0 Å². The SMILES string of the molecule is Nc1cc(C2CCSCC2)nnc1N. The second-order valence-corrected chi connectivity index (χ2v) is 4.72. The van der Waals surface area contributed by atoms with E-state index in [2.05, 4.69) is 10.2 Å². The van der Waals surface area contributed by atoms with E-state index in [1.165, 1.54) is 24.3 Å². The van der Waals surface area contributed by atoms with Crippen molar-refractivity contribution in [2.75, 3.05) is 23.0 Å². The number of thioether (sulfide) groups is 1. The highest BCUT2D eigenvalue weighted by Gasteiger charge is 2.18. The molecule has 0 bridgehead atoms. The van der Waals surface area contributed by atoms with Crippen molar-refractivity contribution in [3.05, 3.63) is 11.8 Å². The molecule has 0 amide bonds. The molecule has 0 spiro atoms. The van der Waals surface area contributed by atoms with Crippen molar-refractivity contribution < 1.29 is 0 Å². The van der Waals surface area contributed by atoms with Crippen LogP contribution in [0.25, 0.3) is 0 Å². The summed E-state index contributed by atoms with van der Waals surface area (Å²) in [4.78, 5) is 0. The molecule has 0 radical (unpaired) electrons.